The average Bonchev–Trinajstić information content (AvgIpc) is 2.86. The summed E-state index contributed by atoms with van der Waals surface area (Å²) in [6.45, 7) is 2.47. The Morgan fingerprint density at radius 1 is 1.15 bits per heavy atom. The number of nitrogens with zero attached hydrogens (tertiary/aromatic N) is 2. The molecule has 1 spiro atoms. The number of hydrogen-bond donors (Lipinski definition) is 1. The van der Waals surface area contributed by atoms with Crippen molar-refractivity contribution in [2.75, 3.05) is 26.3 Å². The fraction of sp³-hybridized carbons (Fsp3) is 0.423. The fourth-order valence-electron chi connectivity index (χ4n) is 5.14. The van der Waals surface area contributed by atoms with Crippen molar-refractivity contribution >= 4 is 16.7 Å². The van der Waals surface area contributed by atoms with Gasteiger partial charge in [0.15, 0.2) is 5.69 Å². The van der Waals surface area contributed by atoms with Gasteiger partial charge in [-0.05, 0) is 68.4 Å². The molecule has 1 N–H and O–H groups in total. The predicted octanol–water partition coefficient (Wildman–Crippen LogP) is 3.93. The van der Waals surface area contributed by atoms with Crippen LogP contribution in [-0.4, -0.2) is 52.9 Å². The molecule has 2 aromatic carbocycles. The van der Waals surface area contributed by atoms with Crippen LogP contribution in [0.15, 0.2) is 53.3 Å². The number of aromatic amines is 1. The van der Waals surface area contributed by atoms with Gasteiger partial charge in [-0.3, -0.25) is 9.59 Å². The molecule has 2 fully saturated rings. The third-order valence-electron chi connectivity index (χ3n) is 7.06. The first-order chi connectivity index (χ1) is 16.5. The number of ether oxygens (including phenoxy) is 2. The Bertz CT molecular complexity index is 1220. The number of amides is 1. The van der Waals surface area contributed by atoms with E-state index in [1.165, 1.54) is 12.1 Å². The number of hydrogen-bond acceptors (Lipinski definition) is 5. The van der Waals surface area contributed by atoms with Crippen molar-refractivity contribution in [3.05, 3.63) is 70.4 Å². The van der Waals surface area contributed by atoms with Gasteiger partial charge in [-0.25, -0.2) is 9.49 Å². The van der Waals surface area contributed by atoms with Crippen molar-refractivity contribution in [2.24, 2.45) is 5.92 Å². The van der Waals surface area contributed by atoms with Gasteiger partial charge >= 0.3 is 0 Å². The summed E-state index contributed by atoms with van der Waals surface area (Å²) in [4.78, 5) is 27.1. The number of carbonyl (C=O) groups is 1. The number of aromatic nitrogens is 2. The van der Waals surface area contributed by atoms with E-state index in [9.17, 15) is 14.0 Å². The van der Waals surface area contributed by atoms with E-state index in [1.807, 2.05) is 4.90 Å². The Morgan fingerprint density at radius 2 is 1.88 bits per heavy atom. The summed E-state index contributed by atoms with van der Waals surface area (Å²) >= 11 is 0. The number of carbonyl (C=O) groups excluding carboxylic acids is 1. The smallest absolute Gasteiger partial charge is 0.274 e. The summed E-state index contributed by atoms with van der Waals surface area (Å²) in [5.41, 5.74) is -0.225. The topological polar surface area (TPSA) is 84.5 Å². The summed E-state index contributed by atoms with van der Waals surface area (Å²) in [6, 6.07) is 13.1. The van der Waals surface area contributed by atoms with Crippen molar-refractivity contribution < 1.29 is 18.7 Å². The maximum Gasteiger partial charge on any atom is 0.274 e. The van der Waals surface area contributed by atoms with Crippen molar-refractivity contribution in [1.29, 1.82) is 0 Å². The molecule has 1 amide bonds. The van der Waals surface area contributed by atoms with Gasteiger partial charge in [0.2, 0.25) is 0 Å². The number of H-pyrrole nitrogens is 1. The molecule has 0 aliphatic carbocycles. The van der Waals surface area contributed by atoms with Crippen LogP contribution >= 0.6 is 0 Å². The second-order valence-electron chi connectivity index (χ2n) is 9.22. The zero-order chi connectivity index (χ0) is 23.5. The van der Waals surface area contributed by atoms with Gasteiger partial charge in [-0.2, -0.15) is 5.10 Å². The van der Waals surface area contributed by atoms with Crippen LogP contribution in [0.25, 0.3) is 10.8 Å². The lowest BCUT2D eigenvalue weighted by molar-refractivity contribution is -0.125. The quantitative estimate of drug-likeness (QED) is 0.617. The Hall–Kier alpha value is -3.26. The van der Waals surface area contributed by atoms with Crippen LogP contribution < -0.4 is 10.3 Å². The van der Waals surface area contributed by atoms with Crippen molar-refractivity contribution in [3.63, 3.8) is 0 Å². The number of piperidine rings is 1. The molecule has 0 bridgehead atoms. The van der Waals surface area contributed by atoms with Crippen LogP contribution in [-0.2, 0) is 4.74 Å². The van der Waals surface area contributed by atoms with E-state index in [4.69, 9.17) is 9.47 Å². The Kier molecular flexibility index (Phi) is 6.32. The number of fused-ring (bicyclic) bond motifs is 1. The Balaban J connectivity index is 1.18. The molecule has 3 heterocycles. The molecule has 7 nitrogen and oxygen atoms in total. The molecule has 5 rings (SSSR count). The molecule has 2 aliphatic rings. The third kappa shape index (κ3) is 4.68. The lowest BCUT2D eigenvalue weighted by Crippen LogP contribution is -2.51. The van der Waals surface area contributed by atoms with Crippen molar-refractivity contribution in [1.82, 2.24) is 15.1 Å². The van der Waals surface area contributed by atoms with Gasteiger partial charge in [0.1, 0.15) is 11.6 Å². The van der Waals surface area contributed by atoms with Crippen LogP contribution in [0.5, 0.6) is 5.75 Å². The van der Waals surface area contributed by atoms with E-state index in [2.05, 4.69) is 10.2 Å². The number of benzene rings is 2. The van der Waals surface area contributed by atoms with Crippen LogP contribution in [0.1, 0.15) is 42.6 Å². The molecule has 178 valence electrons. The van der Waals surface area contributed by atoms with E-state index >= 15 is 0 Å². The molecular weight excluding hydrogens is 437 g/mol. The highest BCUT2D eigenvalue weighted by atomic mass is 19.1. The number of rotatable bonds is 5. The first-order valence-electron chi connectivity index (χ1n) is 11.8. The lowest BCUT2D eigenvalue weighted by Gasteiger charge is -2.46. The fourth-order valence-corrected chi connectivity index (χ4v) is 5.14. The largest absolute Gasteiger partial charge is 0.494 e. The Morgan fingerprint density at radius 3 is 2.65 bits per heavy atom. The van der Waals surface area contributed by atoms with Crippen molar-refractivity contribution in [3.8, 4) is 5.75 Å². The normalized spacial score (nSPS) is 19.9. The average molecular weight is 466 g/mol. The summed E-state index contributed by atoms with van der Waals surface area (Å²) in [5, 5.41) is 7.56. The van der Waals surface area contributed by atoms with Gasteiger partial charge < -0.3 is 14.4 Å². The number of halogens is 1. The SMILES string of the molecule is O=C(c1n[nH]c(=O)c2ccccc12)N1CCC2(CC1)CC(CCOc1ccc(F)cc1)CCO2. The van der Waals surface area contributed by atoms with E-state index in [0.717, 1.165) is 32.1 Å². The van der Waals surface area contributed by atoms with E-state index < -0.39 is 0 Å². The third-order valence-corrected chi connectivity index (χ3v) is 7.06. The molecule has 0 saturated carbocycles. The minimum Gasteiger partial charge on any atom is -0.494 e. The highest BCUT2D eigenvalue weighted by Gasteiger charge is 2.41. The van der Waals surface area contributed by atoms with Crippen molar-refractivity contribution in [2.45, 2.75) is 37.7 Å². The second kappa shape index (κ2) is 9.54. The molecule has 34 heavy (non-hydrogen) atoms. The monoisotopic (exact) mass is 465 g/mol. The molecular formula is C26H28FN3O4. The van der Waals surface area contributed by atoms with E-state index in [-0.39, 0.29) is 28.6 Å². The predicted molar refractivity (Wildman–Crippen MR) is 125 cm³/mol. The molecule has 3 aromatic rings. The first-order valence-corrected chi connectivity index (χ1v) is 11.8. The van der Waals surface area contributed by atoms with E-state index in [0.29, 0.717) is 48.7 Å². The van der Waals surface area contributed by atoms with Gasteiger partial charge in [0.25, 0.3) is 11.5 Å². The molecule has 8 heteroatoms. The highest BCUT2D eigenvalue weighted by molar-refractivity contribution is 6.04. The minimum absolute atomic E-state index is 0.164. The summed E-state index contributed by atoms with van der Waals surface area (Å²) in [5.74, 6) is 0.732. The second-order valence-corrected chi connectivity index (χ2v) is 9.22. The van der Waals surface area contributed by atoms with Crippen LogP contribution in [0.4, 0.5) is 4.39 Å². The summed E-state index contributed by atoms with van der Waals surface area (Å²) in [7, 11) is 0. The zero-order valence-electron chi connectivity index (χ0n) is 19.0. The summed E-state index contributed by atoms with van der Waals surface area (Å²) in [6.07, 6.45) is 4.40. The van der Waals surface area contributed by atoms with Gasteiger partial charge in [-0.15, -0.1) is 0 Å². The molecule has 1 aromatic heterocycles. The first kappa shape index (κ1) is 22.5. The number of likely N-dealkylation sites (tertiary alicyclic amines) is 1. The molecule has 2 aliphatic heterocycles. The minimum atomic E-state index is -0.296. The lowest BCUT2D eigenvalue weighted by atomic mass is 9.78. The standard InChI is InChI=1S/C26H28FN3O4/c27-19-5-7-20(8-6-19)33-15-9-18-10-16-34-26(17-18)11-13-30(14-12-26)25(32)23-21-3-1-2-4-22(21)24(31)29-28-23/h1-8,18H,9-17H2,(H,29,31). The highest BCUT2D eigenvalue weighted by Crippen LogP contribution is 2.39. The van der Waals surface area contributed by atoms with Gasteiger partial charge in [-0.1, -0.05) is 18.2 Å². The summed E-state index contributed by atoms with van der Waals surface area (Å²) < 4.78 is 25.1. The number of nitrogens with one attached hydrogen (secondary N) is 1. The maximum absolute atomic E-state index is 13.2. The van der Waals surface area contributed by atoms with Gasteiger partial charge in [0.05, 0.1) is 17.6 Å². The maximum atomic E-state index is 13.2. The zero-order valence-corrected chi connectivity index (χ0v) is 19.0. The Labute approximate surface area is 196 Å². The van der Waals surface area contributed by atoms with Gasteiger partial charge in [0, 0.05) is 25.1 Å². The van der Waals surface area contributed by atoms with E-state index in [1.54, 1.807) is 36.4 Å². The molecule has 1 unspecified atom stereocenters. The molecule has 1 atom stereocenters. The molecule has 2 saturated heterocycles. The van der Waals surface area contributed by atoms with Crippen LogP contribution in [0.3, 0.4) is 0 Å². The molecule has 0 radical (unpaired) electrons. The van der Waals surface area contributed by atoms with Crippen LogP contribution in [0, 0.1) is 11.7 Å². The van der Waals surface area contributed by atoms with Crippen LogP contribution in [0.2, 0.25) is 0 Å².